The number of aliphatic hydroxyl groups is 1. The van der Waals surface area contributed by atoms with E-state index in [0.29, 0.717) is 5.39 Å². The summed E-state index contributed by atoms with van der Waals surface area (Å²) >= 11 is 0. The average Bonchev–Trinajstić information content (AvgIpc) is 2.53. The molecule has 0 amide bonds. The monoisotopic (exact) mass is 286 g/mol. The number of aliphatic hydroxyl groups excluding tert-OH is 1. The number of piperidine rings is 1. The van der Waals surface area contributed by atoms with E-state index in [9.17, 15) is 15.0 Å². The van der Waals surface area contributed by atoms with Crippen LogP contribution in [0.1, 0.15) is 23.2 Å². The number of pyridine rings is 1. The Hall–Kier alpha value is -2.14. The zero-order valence-electron chi connectivity index (χ0n) is 11.7. The summed E-state index contributed by atoms with van der Waals surface area (Å²) in [5.74, 6) is 0.115. The van der Waals surface area contributed by atoms with Crippen LogP contribution in [0, 0.1) is 5.92 Å². The fraction of sp³-hybridized carbons (Fsp3) is 0.375. The van der Waals surface area contributed by atoms with E-state index in [1.807, 2.05) is 24.3 Å². The molecule has 0 aliphatic carbocycles. The van der Waals surface area contributed by atoms with Crippen LogP contribution in [0.2, 0.25) is 0 Å². The molecule has 5 heteroatoms. The van der Waals surface area contributed by atoms with Gasteiger partial charge in [-0.1, -0.05) is 24.3 Å². The molecule has 5 nitrogen and oxygen atoms in total. The van der Waals surface area contributed by atoms with E-state index in [-0.39, 0.29) is 18.1 Å². The molecular weight excluding hydrogens is 268 g/mol. The molecule has 2 N–H and O–H groups in total. The number of rotatable bonds is 3. The van der Waals surface area contributed by atoms with Crippen LogP contribution in [-0.2, 0) is 0 Å². The highest BCUT2D eigenvalue weighted by Crippen LogP contribution is 2.30. The molecule has 0 radical (unpaired) electrons. The lowest BCUT2D eigenvalue weighted by molar-refractivity contribution is 0.0698. The van der Waals surface area contributed by atoms with Crippen molar-refractivity contribution in [2.24, 2.45) is 5.92 Å². The van der Waals surface area contributed by atoms with Gasteiger partial charge in [-0.05, 0) is 18.8 Å². The molecule has 1 aromatic heterocycles. The number of anilines is 1. The van der Waals surface area contributed by atoms with Crippen molar-refractivity contribution in [2.45, 2.75) is 12.8 Å². The van der Waals surface area contributed by atoms with Crippen molar-refractivity contribution in [3.8, 4) is 0 Å². The number of benzene rings is 1. The molecule has 110 valence electrons. The standard InChI is InChI=1S/C16H18N2O3/c19-10-11-4-3-7-18(9-11)15-13-6-2-1-5-12(13)14(8-17-15)16(20)21/h1-2,5-6,8,11,19H,3-4,7,9-10H2,(H,20,21). The molecule has 1 atom stereocenters. The van der Waals surface area contributed by atoms with E-state index in [0.717, 1.165) is 37.1 Å². The van der Waals surface area contributed by atoms with E-state index in [2.05, 4.69) is 9.88 Å². The normalized spacial score (nSPS) is 18.9. The SMILES string of the molecule is O=C(O)c1cnc(N2CCCC(CO)C2)c2ccccc12. The van der Waals surface area contributed by atoms with Crippen molar-refractivity contribution in [3.63, 3.8) is 0 Å². The number of nitrogens with zero attached hydrogens (tertiary/aromatic N) is 2. The van der Waals surface area contributed by atoms with Gasteiger partial charge in [-0.15, -0.1) is 0 Å². The third-order valence-corrected chi connectivity index (χ3v) is 4.08. The number of hydrogen-bond donors (Lipinski definition) is 2. The Labute approximate surface area is 122 Å². The number of aromatic carboxylic acids is 1. The molecule has 0 bridgehead atoms. The number of aromatic nitrogens is 1. The van der Waals surface area contributed by atoms with E-state index < -0.39 is 5.97 Å². The Morgan fingerprint density at radius 2 is 2.10 bits per heavy atom. The van der Waals surface area contributed by atoms with Gasteiger partial charge in [-0.2, -0.15) is 0 Å². The molecule has 1 fully saturated rings. The van der Waals surface area contributed by atoms with Crippen LogP contribution in [0.25, 0.3) is 10.8 Å². The summed E-state index contributed by atoms with van der Waals surface area (Å²) in [7, 11) is 0. The second-order valence-corrected chi connectivity index (χ2v) is 5.48. The van der Waals surface area contributed by atoms with Gasteiger partial charge in [0.2, 0.25) is 0 Å². The highest BCUT2D eigenvalue weighted by Gasteiger charge is 2.22. The predicted octanol–water partition coefficient (Wildman–Crippen LogP) is 2.14. The van der Waals surface area contributed by atoms with Gasteiger partial charge < -0.3 is 15.1 Å². The zero-order valence-corrected chi connectivity index (χ0v) is 11.7. The first kappa shape index (κ1) is 13.8. The second-order valence-electron chi connectivity index (χ2n) is 5.48. The first-order valence-corrected chi connectivity index (χ1v) is 7.17. The molecule has 1 saturated heterocycles. The number of carboxylic acids is 1. The lowest BCUT2D eigenvalue weighted by atomic mass is 9.98. The molecule has 2 aromatic rings. The van der Waals surface area contributed by atoms with Crippen molar-refractivity contribution in [1.82, 2.24) is 4.98 Å². The van der Waals surface area contributed by atoms with Gasteiger partial charge in [0, 0.05) is 36.7 Å². The zero-order chi connectivity index (χ0) is 14.8. The average molecular weight is 286 g/mol. The van der Waals surface area contributed by atoms with Gasteiger partial charge in [0.05, 0.1) is 5.56 Å². The quantitative estimate of drug-likeness (QED) is 0.904. The predicted molar refractivity (Wildman–Crippen MR) is 80.7 cm³/mol. The maximum Gasteiger partial charge on any atom is 0.337 e. The lowest BCUT2D eigenvalue weighted by Crippen LogP contribution is -2.37. The summed E-state index contributed by atoms with van der Waals surface area (Å²) in [6, 6.07) is 7.46. The maximum absolute atomic E-state index is 11.3. The smallest absolute Gasteiger partial charge is 0.337 e. The molecule has 1 aliphatic heterocycles. The maximum atomic E-state index is 11.3. The van der Waals surface area contributed by atoms with Crippen LogP contribution < -0.4 is 4.90 Å². The third kappa shape index (κ3) is 2.56. The molecular formula is C16H18N2O3. The van der Waals surface area contributed by atoms with Crippen LogP contribution in [-0.4, -0.2) is 40.9 Å². The summed E-state index contributed by atoms with van der Waals surface area (Å²) in [6.45, 7) is 1.83. The molecule has 1 unspecified atom stereocenters. The van der Waals surface area contributed by atoms with Crippen LogP contribution in [0.5, 0.6) is 0 Å². The fourth-order valence-electron chi connectivity index (χ4n) is 3.01. The summed E-state index contributed by atoms with van der Waals surface area (Å²) in [6.07, 6.45) is 3.47. The van der Waals surface area contributed by atoms with Crippen molar-refractivity contribution in [3.05, 3.63) is 36.0 Å². The van der Waals surface area contributed by atoms with E-state index in [1.54, 1.807) is 0 Å². The van der Waals surface area contributed by atoms with Crippen molar-refractivity contribution in [1.29, 1.82) is 0 Å². The molecule has 21 heavy (non-hydrogen) atoms. The van der Waals surface area contributed by atoms with Gasteiger partial charge in [0.15, 0.2) is 0 Å². The Morgan fingerprint density at radius 1 is 1.33 bits per heavy atom. The first-order valence-electron chi connectivity index (χ1n) is 7.17. The summed E-state index contributed by atoms with van der Waals surface area (Å²) in [5.41, 5.74) is 0.227. The molecule has 0 spiro atoms. The molecule has 0 saturated carbocycles. The Kier molecular flexibility index (Phi) is 3.75. The number of hydrogen-bond acceptors (Lipinski definition) is 4. The Morgan fingerprint density at radius 3 is 2.81 bits per heavy atom. The highest BCUT2D eigenvalue weighted by atomic mass is 16.4. The van der Waals surface area contributed by atoms with Crippen molar-refractivity contribution >= 4 is 22.6 Å². The summed E-state index contributed by atoms with van der Waals surface area (Å²) in [5, 5.41) is 20.2. The topological polar surface area (TPSA) is 73.7 Å². The Bertz CT molecular complexity index is 672. The molecule has 3 rings (SSSR count). The lowest BCUT2D eigenvalue weighted by Gasteiger charge is -2.33. The summed E-state index contributed by atoms with van der Waals surface area (Å²) in [4.78, 5) is 17.8. The van der Waals surface area contributed by atoms with E-state index in [4.69, 9.17) is 0 Å². The van der Waals surface area contributed by atoms with Crippen LogP contribution >= 0.6 is 0 Å². The third-order valence-electron chi connectivity index (χ3n) is 4.08. The van der Waals surface area contributed by atoms with Gasteiger partial charge in [0.25, 0.3) is 0 Å². The van der Waals surface area contributed by atoms with Crippen molar-refractivity contribution in [2.75, 3.05) is 24.6 Å². The fourth-order valence-corrected chi connectivity index (χ4v) is 3.01. The second kappa shape index (κ2) is 5.69. The molecule has 2 heterocycles. The largest absolute Gasteiger partial charge is 0.478 e. The summed E-state index contributed by atoms with van der Waals surface area (Å²) < 4.78 is 0. The highest BCUT2D eigenvalue weighted by molar-refractivity contribution is 6.06. The molecule has 1 aliphatic rings. The Balaban J connectivity index is 2.07. The van der Waals surface area contributed by atoms with Crippen molar-refractivity contribution < 1.29 is 15.0 Å². The van der Waals surface area contributed by atoms with Crippen LogP contribution in [0.3, 0.4) is 0 Å². The van der Waals surface area contributed by atoms with E-state index in [1.165, 1.54) is 6.20 Å². The number of carboxylic acid groups (broad SMARTS) is 1. The van der Waals surface area contributed by atoms with E-state index >= 15 is 0 Å². The van der Waals surface area contributed by atoms with Gasteiger partial charge in [0.1, 0.15) is 5.82 Å². The number of carbonyl (C=O) groups is 1. The number of fused-ring (bicyclic) bond motifs is 1. The van der Waals surface area contributed by atoms with Crippen LogP contribution in [0.4, 0.5) is 5.82 Å². The van der Waals surface area contributed by atoms with Gasteiger partial charge in [-0.3, -0.25) is 0 Å². The minimum absolute atomic E-state index is 0.182. The van der Waals surface area contributed by atoms with Gasteiger partial charge in [-0.25, -0.2) is 9.78 Å². The van der Waals surface area contributed by atoms with Crippen LogP contribution in [0.15, 0.2) is 30.5 Å². The minimum atomic E-state index is -0.961. The minimum Gasteiger partial charge on any atom is -0.478 e. The van der Waals surface area contributed by atoms with Gasteiger partial charge >= 0.3 is 5.97 Å². The first-order chi connectivity index (χ1) is 10.2. The molecule has 1 aromatic carbocycles.